The number of rotatable bonds is 9. The SMILES string of the molecule is O=C(CN(CCO)CCc1ccccc1)NC1(c2ccc3c(c2)OCCO3)CCCC1. The van der Waals surface area contributed by atoms with Crippen molar-refractivity contribution in [3.8, 4) is 11.5 Å². The van der Waals surface area contributed by atoms with E-state index in [0.717, 1.165) is 55.7 Å². The second-order valence-electron chi connectivity index (χ2n) is 8.43. The molecule has 1 heterocycles. The summed E-state index contributed by atoms with van der Waals surface area (Å²) in [6.07, 6.45) is 4.86. The molecule has 4 rings (SSSR count). The molecule has 0 bridgehead atoms. The van der Waals surface area contributed by atoms with Gasteiger partial charge in [0, 0.05) is 13.1 Å². The van der Waals surface area contributed by atoms with Crippen molar-refractivity contribution >= 4 is 5.91 Å². The third kappa shape index (κ3) is 5.38. The number of nitrogens with one attached hydrogen (secondary N) is 1. The average Bonchev–Trinajstić information content (AvgIpc) is 3.27. The maximum absolute atomic E-state index is 13.1. The maximum atomic E-state index is 13.1. The van der Waals surface area contributed by atoms with Crippen LogP contribution in [0.15, 0.2) is 48.5 Å². The van der Waals surface area contributed by atoms with Gasteiger partial charge in [-0.05, 0) is 42.5 Å². The van der Waals surface area contributed by atoms with E-state index in [4.69, 9.17) is 9.47 Å². The van der Waals surface area contributed by atoms with Gasteiger partial charge in [0.15, 0.2) is 11.5 Å². The smallest absolute Gasteiger partial charge is 0.234 e. The molecule has 1 amide bonds. The zero-order valence-corrected chi connectivity index (χ0v) is 18.0. The highest BCUT2D eigenvalue weighted by Crippen LogP contribution is 2.42. The lowest BCUT2D eigenvalue weighted by Crippen LogP contribution is -2.48. The first-order valence-corrected chi connectivity index (χ1v) is 11.3. The average molecular weight is 425 g/mol. The molecule has 1 aliphatic heterocycles. The van der Waals surface area contributed by atoms with Crippen molar-refractivity contribution in [3.05, 3.63) is 59.7 Å². The minimum Gasteiger partial charge on any atom is -0.486 e. The number of ether oxygens (including phenoxy) is 2. The first kappa shape index (κ1) is 21.7. The Hall–Kier alpha value is -2.57. The number of fused-ring (bicyclic) bond motifs is 1. The van der Waals surface area contributed by atoms with Crippen LogP contribution in [0.25, 0.3) is 0 Å². The lowest BCUT2D eigenvalue weighted by molar-refractivity contribution is -0.124. The Morgan fingerprint density at radius 2 is 1.74 bits per heavy atom. The maximum Gasteiger partial charge on any atom is 0.234 e. The monoisotopic (exact) mass is 424 g/mol. The van der Waals surface area contributed by atoms with Crippen LogP contribution in [0.4, 0.5) is 0 Å². The van der Waals surface area contributed by atoms with Gasteiger partial charge in [0.25, 0.3) is 0 Å². The van der Waals surface area contributed by atoms with E-state index in [1.807, 2.05) is 35.2 Å². The van der Waals surface area contributed by atoms with Gasteiger partial charge in [-0.25, -0.2) is 0 Å². The molecule has 31 heavy (non-hydrogen) atoms. The van der Waals surface area contributed by atoms with E-state index in [0.29, 0.717) is 19.8 Å². The molecule has 0 spiro atoms. The first-order valence-electron chi connectivity index (χ1n) is 11.3. The van der Waals surface area contributed by atoms with Gasteiger partial charge in [0.05, 0.1) is 18.7 Å². The molecule has 2 aromatic carbocycles. The molecule has 1 saturated carbocycles. The molecule has 0 radical (unpaired) electrons. The molecule has 6 heteroatoms. The fourth-order valence-corrected chi connectivity index (χ4v) is 4.66. The van der Waals surface area contributed by atoms with Gasteiger partial charge in [-0.15, -0.1) is 0 Å². The summed E-state index contributed by atoms with van der Waals surface area (Å²) in [4.78, 5) is 15.1. The van der Waals surface area contributed by atoms with Crippen molar-refractivity contribution in [2.24, 2.45) is 0 Å². The molecule has 1 fully saturated rings. The Bertz CT molecular complexity index is 865. The molecule has 1 aliphatic carbocycles. The number of aliphatic hydroxyl groups excluding tert-OH is 1. The number of hydrogen-bond acceptors (Lipinski definition) is 5. The summed E-state index contributed by atoms with van der Waals surface area (Å²) in [6, 6.07) is 16.3. The Labute approximate surface area is 184 Å². The van der Waals surface area contributed by atoms with Crippen molar-refractivity contribution in [1.29, 1.82) is 0 Å². The minimum absolute atomic E-state index is 0.00157. The topological polar surface area (TPSA) is 71.0 Å². The van der Waals surface area contributed by atoms with Crippen LogP contribution < -0.4 is 14.8 Å². The van der Waals surface area contributed by atoms with Crippen LogP contribution in [0, 0.1) is 0 Å². The summed E-state index contributed by atoms with van der Waals surface area (Å²) in [5, 5.41) is 12.8. The van der Waals surface area contributed by atoms with Crippen LogP contribution in [0.1, 0.15) is 36.8 Å². The second-order valence-corrected chi connectivity index (χ2v) is 8.43. The van der Waals surface area contributed by atoms with E-state index in [2.05, 4.69) is 23.5 Å². The van der Waals surface area contributed by atoms with Crippen LogP contribution in [-0.2, 0) is 16.8 Å². The number of nitrogens with zero attached hydrogens (tertiary/aromatic N) is 1. The van der Waals surface area contributed by atoms with E-state index in [9.17, 15) is 9.90 Å². The van der Waals surface area contributed by atoms with Crippen LogP contribution in [0.5, 0.6) is 11.5 Å². The van der Waals surface area contributed by atoms with Crippen molar-refractivity contribution in [2.75, 3.05) is 39.5 Å². The minimum atomic E-state index is -0.364. The molecular weight excluding hydrogens is 392 g/mol. The van der Waals surface area contributed by atoms with Gasteiger partial charge in [0.2, 0.25) is 5.91 Å². The highest BCUT2D eigenvalue weighted by molar-refractivity contribution is 5.79. The van der Waals surface area contributed by atoms with E-state index in [1.165, 1.54) is 5.56 Å². The normalized spacial score (nSPS) is 17.0. The summed E-state index contributed by atoms with van der Waals surface area (Å²) in [6.45, 7) is 2.65. The number of carbonyl (C=O) groups excluding carboxylic acids is 1. The standard InChI is InChI=1S/C25H32N2O4/c28-15-14-27(13-10-20-6-2-1-3-7-20)19-24(29)26-25(11-4-5-12-25)21-8-9-22-23(18-21)31-17-16-30-22/h1-3,6-9,18,28H,4-5,10-17,19H2,(H,26,29). The van der Waals surface area contributed by atoms with Gasteiger partial charge in [-0.3, -0.25) is 9.69 Å². The number of carbonyl (C=O) groups is 1. The molecule has 0 aromatic heterocycles. The Morgan fingerprint density at radius 1 is 1.00 bits per heavy atom. The van der Waals surface area contributed by atoms with Gasteiger partial charge < -0.3 is 19.9 Å². The number of hydrogen-bond donors (Lipinski definition) is 2. The van der Waals surface area contributed by atoms with Crippen molar-refractivity contribution in [3.63, 3.8) is 0 Å². The van der Waals surface area contributed by atoms with Gasteiger partial charge in [-0.1, -0.05) is 49.2 Å². The number of benzene rings is 2. The Morgan fingerprint density at radius 3 is 2.48 bits per heavy atom. The fourth-order valence-electron chi connectivity index (χ4n) is 4.66. The highest BCUT2D eigenvalue weighted by Gasteiger charge is 2.38. The second kappa shape index (κ2) is 10.2. The summed E-state index contributed by atoms with van der Waals surface area (Å²) in [5.41, 5.74) is 1.95. The van der Waals surface area contributed by atoms with Crippen LogP contribution in [0.2, 0.25) is 0 Å². The van der Waals surface area contributed by atoms with E-state index >= 15 is 0 Å². The lowest BCUT2D eigenvalue weighted by Gasteiger charge is -2.33. The number of amides is 1. The van der Waals surface area contributed by atoms with Crippen molar-refractivity contribution < 1.29 is 19.4 Å². The van der Waals surface area contributed by atoms with E-state index < -0.39 is 0 Å². The fraction of sp³-hybridized carbons (Fsp3) is 0.480. The van der Waals surface area contributed by atoms with Crippen LogP contribution in [-0.4, -0.2) is 55.4 Å². The van der Waals surface area contributed by atoms with E-state index in [1.54, 1.807) is 0 Å². The summed E-state index contributed by atoms with van der Waals surface area (Å²) in [7, 11) is 0. The van der Waals surface area contributed by atoms with Gasteiger partial charge in [-0.2, -0.15) is 0 Å². The summed E-state index contributed by atoms with van der Waals surface area (Å²) < 4.78 is 11.4. The first-order chi connectivity index (χ1) is 15.2. The van der Waals surface area contributed by atoms with Gasteiger partial charge >= 0.3 is 0 Å². The summed E-state index contributed by atoms with van der Waals surface area (Å²) in [5.74, 6) is 1.52. The molecule has 2 aromatic rings. The molecular formula is C25H32N2O4. The largest absolute Gasteiger partial charge is 0.486 e. The molecule has 0 unspecified atom stereocenters. The van der Waals surface area contributed by atoms with Crippen LogP contribution in [0.3, 0.4) is 0 Å². The van der Waals surface area contributed by atoms with Crippen molar-refractivity contribution in [2.45, 2.75) is 37.6 Å². The van der Waals surface area contributed by atoms with Gasteiger partial charge in [0.1, 0.15) is 13.2 Å². The molecule has 6 nitrogen and oxygen atoms in total. The molecule has 2 N–H and O–H groups in total. The Kier molecular flexibility index (Phi) is 7.10. The molecule has 0 atom stereocenters. The molecule has 0 saturated heterocycles. The lowest BCUT2D eigenvalue weighted by atomic mass is 9.87. The highest BCUT2D eigenvalue weighted by atomic mass is 16.6. The van der Waals surface area contributed by atoms with Crippen molar-refractivity contribution in [1.82, 2.24) is 10.2 Å². The third-order valence-corrected chi connectivity index (χ3v) is 6.27. The summed E-state index contributed by atoms with van der Waals surface area (Å²) >= 11 is 0. The zero-order chi connectivity index (χ0) is 21.5. The third-order valence-electron chi connectivity index (χ3n) is 6.27. The number of aliphatic hydroxyl groups is 1. The predicted octanol–water partition coefficient (Wildman–Crippen LogP) is 2.88. The molecule has 2 aliphatic rings. The van der Waals surface area contributed by atoms with Crippen LogP contribution >= 0.6 is 0 Å². The predicted molar refractivity (Wildman–Crippen MR) is 119 cm³/mol. The van der Waals surface area contributed by atoms with E-state index in [-0.39, 0.29) is 24.6 Å². The molecule has 166 valence electrons. The zero-order valence-electron chi connectivity index (χ0n) is 18.0. The quantitative estimate of drug-likeness (QED) is 0.648. The Balaban J connectivity index is 1.42.